The number of primary amides is 1. The number of carbonyl (C=O) groups excluding carboxylic acids is 2. The summed E-state index contributed by atoms with van der Waals surface area (Å²) < 4.78 is 29.0. The van der Waals surface area contributed by atoms with Crippen LogP contribution in [0.2, 0.25) is 5.02 Å². The molecule has 2 bridgehead atoms. The summed E-state index contributed by atoms with van der Waals surface area (Å²) >= 11 is 6.10. The van der Waals surface area contributed by atoms with Crippen molar-refractivity contribution in [3.63, 3.8) is 0 Å². The standard InChI is InChI=1S/C20H25ClN6O4S/c1-2-12-10-26(11-15-9-23-25-24-15)20(29)18-5-3-4-17(12)27(18)32(30,31)16-7-13(19(22)28)6-14(21)8-16/h6-9,12,17-18H,2-5,10-11H2,1H3,(H2,22,28)(H,23,24,25)/t12-,17?,18?/m0/s1. The fourth-order valence-electron chi connectivity index (χ4n) is 4.75. The lowest BCUT2D eigenvalue weighted by molar-refractivity contribution is -0.135. The third kappa shape index (κ3) is 4.12. The maximum atomic E-state index is 13.8. The molecule has 1 aromatic heterocycles. The monoisotopic (exact) mass is 480 g/mol. The zero-order chi connectivity index (χ0) is 23.0. The molecule has 12 heteroatoms. The molecule has 2 fully saturated rings. The number of nitrogens with two attached hydrogens (primary N) is 1. The fraction of sp³-hybridized carbons (Fsp3) is 0.500. The highest BCUT2D eigenvalue weighted by Crippen LogP contribution is 2.38. The number of amides is 2. The van der Waals surface area contributed by atoms with Gasteiger partial charge >= 0.3 is 0 Å². The minimum absolute atomic E-state index is 0.00193. The van der Waals surface area contributed by atoms with Gasteiger partial charge in [-0.15, -0.1) is 0 Å². The predicted molar refractivity (Wildman–Crippen MR) is 116 cm³/mol. The van der Waals surface area contributed by atoms with Gasteiger partial charge < -0.3 is 10.6 Å². The molecule has 0 saturated carbocycles. The van der Waals surface area contributed by atoms with Gasteiger partial charge in [0, 0.05) is 23.2 Å². The van der Waals surface area contributed by atoms with Gasteiger partial charge in [0.1, 0.15) is 11.7 Å². The molecule has 3 atom stereocenters. The maximum Gasteiger partial charge on any atom is 0.248 e. The summed E-state index contributed by atoms with van der Waals surface area (Å²) in [5.41, 5.74) is 5.97. The number of halogens is 1. The van der Waals surface area contributed by atoms with Gasteiger partial charge in [0.2, 0.25) is 21.8 Å². The summed E-state index contributed by atoms with van der Waals surface area (Å²) in [6, 6.07) is 2.67. The lowest BCUT2D eigenvalue weighted by Gasteiger charge is -2.40. The average molecular weight is 481 g/mol. The SMILES string of the molecule is CC[C@H]1CN(Cc2cn[nH]n2)C(=O)C2CCCC1N2S(=O)(=O)c1cc(Cl)cc(C(N)=O)c1. The van der Waals surface area contributed by atoms with Crippen LogP contribution in [-0.4, -0.2) is 63.5 Å². The summed E-state index contributed by atoms with van der Waals surface area (Å²) in [6.45, 7) is 2.68. The molecule has 3 heterocycles. The van der Waals surface area contributed by atoms with E-state index in [0.29, 0.717) is 31.5 Å². The highest BCUT2D eigenvalue weighted by Gasteiger charge is 2.49. The molecule has 10 nitrogen and oxygen atoms in total. The number of nitrogens with one attached hydrogen (secondary N) is 1. The number of H-pyrrole nitrogens is 1. The van der Waals surface area contributed by atoms with Crippen molar-refractivity contribution < 1.29 is 18.0 Å². The molecule has 2 unspecified atom stereocenters. The molecular formula is C20H25ClN6O4S. The van der Waals surface area contributed by atoms with Crippen molar-refractivity contribution >= 4 is 33.4 Å². The van der Waals surface area contributed by atoms with Crippen LogP contribution in [-0.2, 0) is 21.4 Å². The Labute approximate surface area is 191 Å². The Kier molecular flexibility index (Phi) is 6.24. The van der Waals surface area contributed by atoms with Crippen LogP contribution in [0.15, 0.2) is 29.3 Å². The van der Waals surface area contributed by atoms with Gasteiger partial charge in [-0.1, -0.05) is 24.9 Å². The van der Waals surface area contributed by atoms with Gasteiger partial charge in [0.25, 0.3) is 0 Å². The van der Waals surface area contributed by atoms with E-state index in [0.717, 1.165) is 6.42 Å². The summed E-state index contributed by atoms with van der Waals surface area (Å²) in [4.78, 5) is 26.8. The number of piperidine rings is 1. The number of aromatic amines is 1. The molecule has 2 aliphatic heterocycles. The second kappa shape index (κ2) is 8.80. The van der Waals surface area contributed by atoms with Crippen LogP contribution < -0.4 is 5.73 Å². The number of rotatable bonds is 6. The van der Waals surface area contributed by atoms with E-state index in [1.165, 1.54) is 22.5 Å². The Hall–Kier alpha value is -2.50. The van der Waals surface area contributed by atoms with Crippen molar-refractivity contribution in [2.45, 2.75) is 56.1 Å². The maximum absolute atomic E-state index is 13.8. The second-order valence-electron chi connectivity index (χ2n) is 8.24. The van der Waals surface area contributed by atoms with Gasteiger partial charge in [-0.3, -0.25) is 9.59 Å². The van der Waals surface area contributed by atoms with E-state index in [2.05, 4.69) is 15.4 Å². The quantitative estimate of drug-likeness (QED) is 0.642. The molecule has 3 N–H and O–H groups in total. The summed E-state index contributed by atoms with van der Waals surface area (Å²) in [5.74, 6) is -1.09. The Morgan fingerprint density at radius 3 is 2.75 bits per heavy atom. The largest absolute Gasteiger partial charge is 0.366 e. The van der Waals surface area contributed by atoms with Gasteiger partial charge in [-0.2, -0.15) is 19.7 Å². The number of carbonyl (C=O) groups is 2. The van der Waals surface area contributed by atoms with E-state index in [-0.39, 0.29) is 39.9 Å². The van der Waals surface area contributed by atoms with E-state index in [1.54, 1.807) is 11.1 Å². The van der Waals surface area contributed by atoms with E-state index in [9.17, 15) is 18.0 Å². The van der Waals surface area contributed by atoms with Gasteiger partial charge in [-0.25, -0.2) is 8.42 Å². The molecular weight excluding hydrogens is 456 g/mol. The van der Waals surface area contributed by atoms with Crippen LogP contribution in [0.4, 0.5) is 0 Å². The Morgan fingerprint density at radius 2 is 2.09 bits per heavy atom. The van der Waals surface area contributed by atoms with Crippen LogP contribution in [0.1, 0.15) is 48.7 Å². The Balaban J connectivity index is 1.77. The molecule has 4 rings (SSSR count). The number of sulfonamides is 1. The highest BCUT2D eigenvalue weighted by molar-refractivity contribution is 7.89. The van der Waals surface area contributed by atoms with Crippen LogP contribution in [0.3, 0.4) is 0 Å². The molecule has 0 spiro atoms. The fourth-order valence-corrected chi connectivity index (χ4v) is 7.01. The molecule has 2 amide bonds. The number of aromatic nitrogens is 3. The normalized spacial score (nSPS) is 24.4. The first-order chi connectivity index (χ1) is 15.2. The lowest BCUT2D eigenvalue weighted by Crippen LogP contribution is -2.54. The van der Waals surface area contributed by atoms with Gasteiger partial charge in [0.15, 0.2) is 0 Å². The smallest absolute Gasteiger partial charge is 0.248 e. The van der Waals surface area contributed by atoms with Crippen LogP contribution in [0.5, 0.6) is 0 Å². The third-order valence-corrected chi connectivity index (χ3v) is 8.41. The van der Waals surface area contributed by atoms with Crippen LogP contribution >= 0.6 is 11.6 Å². The van der Waals surface area contributed by atoms with Crippen LogP contribution in [0.25, 0.3) is 0 Å². The first kappa shape index (κ1) is 22.7. The van der Waals surface area contributed by atoms with E-state index < -0.39 is 22.0 Å². The summed E-state index contributed by atoms with van der Waals surface area (Å²) in [6.07, 6.45) is 4.08. The number of nitrogens with zero attached hydrogens (tertiary/aromatic N) is 4. The van der Waals surface area contributed by atoms with E-state index in [1.807, 2.05) is 6.92 Å². The van der Waals surface area contributed by atoms with E-state index in [4.69, 9.17) is 17.3 Å². The molecule has 2 aromatic rings. The topological polar surface area (TPSA) is 142 Å². The molecule has 172 valence electrons. The molecule has 1 aromatic carbocycles. The third-order valence-electron chi connectivity index (χ3n) is 6.28. The van der Waals surface area contributed by atoms with Gasteiger partial charge in [-0.05, 0) is 43.4 Å². The molecule has 2 aliphatic rings. The number of hydrogen-bond acceptors (Lipinski definition) is 6. The van der Waals surface area contributed by atoms with Crippen molar-refractivity contribution in [2.75, 3.05) is 6.54 Å². The molecule has 0 radical (unpaired) electrons. The zero-order valence-electron chi connectivity index (χ0n) is 17.6. The Morgan fingerprint density at radius 1 is 1.31 bits per heavy atom. The Bertz CT molecular complexity index is 1120. The van der Waals surface area contributed by atoms with Gasteiger partial charge in [0.05, 0.1) is 17.6 Å². The molecule has 32 heavy (non-hydrogen) atoms. The zero-order valence-corrected chi connectivity index (χ0v) is 19.1. The van der Waals surface area contributed by atoms with Crippen LogP contribution in [0, 0.1) is 5.92 Å². The van der Waals surface area contributed by atoms with Crippen molar-refractivity contribution in [1.29, 1.82) is 0 Å². The lowest BCUT2D eigenvalue weighted by atomic mass is 9.89. The second-order valence-corrected chi connectivity index (χ2v) is 10.5. The minimum atomic E-state index is -4.13. The average Bonchev–Trinajstić information content (AvgIpc) is 3.26. The van der Waals surface area contributed by atoms with Crippen molar-refractivity contribution in [2.24, 2.45) is 11.7 Å². The van der Waals surface area contributed by atoms with E-state index >= 15 is 0 Å². The van der Waals surface area contributed by atoms with Crippen molar-refractivity contribution in [1.82, 2.24) is 24.6 Å². The number of hydrogen-bond donors (Lipinski definition) is 2. The highest BCUT2D eigenvalue weighted by atomic mass is 35.5. The number of benzene rings is 1. The first-order valence-corrected chi connectivity index (χ1v) is 12.3. The van der Waals surface area contributed by atoms with Crippen molar-refractivity contribution in [3.8, 4) is 0 Å². The minimum Gasteiger partial charge on any atom is -0.366 e. The van der Waals surface area contributed by atoms with Crippen molar-refractivity contribution in [3.05, 3.63) is 40.7 Å². The summed E-state index contributed by atoms with van der Waals surface area (Å²) in [7, 11) is -4.13. The molecule has 2 saturated heterocycles. The summed E-state index contributed by atoms with van der Waals surface area (Å²) in [5, 5.41) is 10.5. The molecule has 0 aliphatic carbocycles. The predicted octanol–water partition coefficient (Wildman–Crippen LogP) is 1.54. The number of fused-ring (bicyclic) bond motifs is 2. The first-order valence-electron chi connectivity index (χ1n) is 10.5.